The Bertz CT molecular complexity index is 133. The number of hydrogen-bond acceptors (Lipinski definition) is 1. The zero-order valence-electron chi connectivity index (χ0n) is 7.11. The van der Waals surface area contributed by atoms with Crippen molar-refractivity contribution in [3.05, 3.63) is 12.2 Å². The number of aldehydes is 1. The summed E-state index contributed by atoms with van der Waals surface area (Å²) in [6, 6.07) is 1.08. The maximum Gasteiger partial charge on any atom is 0.123 e. The zero-order chi connectivity index (χ0) is 8.20. The maximum absolute atomic E-state index is 10.1. The molecule has 58 valence electrons. The van der Waals surface area contributed by atoms with Gasteiger partial charge >= 0.3 is 0 Å². The molecule has 0 unspecified atom stereocenters. The third-order valence-electron chi connectivity index (χ3n) is 1.15. The molecular weight excluding hydrogens is 140 g/mol. The lowest BCUT2D eigenvalue weighted by molar-refractivity contribution is -0.107. The highest BCUT2D eigenvalue weighted by Crippen LogP contribution is 2.15. The van der Waals surface area contributed by atoms with Crippen LogP contribution in [0.4, 0.5) is 0 Å². The number of rotatable bonds is 4. The molecule has 10 heavy (non-hydrogen) atoms. The summed E-state index contributed by atoms with van der Waals surface area (Å²) in [7, 11) is -1.02. The van der Waals surface area contributed by atoms with Crippen LogP contribution in [0.25, 0.3) is 0 Å². The highest BCUT2D eigenvalue weighted by Gasteiger charge is 2.13. The van der Waals surface area contributed by atoms with Gasteiger partial charge in [0.1, 0.15) is 6.29 Å². The standard InChI is InChI=1S/C8H16OSi/c1-8(5-6-9)7-10(2,3)4/h6H,1,5,7H2,2-4H3. The third-order valence-corrected chi connectivity index (χ3v) is 2.71. The highest BCUT2D eigenvalue weighted by molar-refractivity contribution is 6.76. The second-order valence-corrected chi connectivity index (χ2v) is 9.33. The van der Waals surface area contributed by atoms with Crippen LogP contribution >= 0.6 is 0 Å². The second kappa shape index (κ2) is 3.71. The van der Waals surface area contributed by atoms with Crippen LogP contribution in [0.2, 0.25) is 25.7 Å². The largest absolute Gasteiger partial charge is 0.303 e. The summed E-state index contributed by atoms with van der Waals surface area (Å²) < 4.78 is 0. The fourth-order valence-electron chi connectivity index (χ4n) is 0.940. The van der Waals surface area contributed by atoms with Gasteiger partial charge in [0.15, 0.2) is 0 Å². The van der Waals surface area contributed by atoms with E-state index in [0.717, 1.165) is 17.9 Å². The molecule has 0 saturated heterocycles. The normalized spacial score (nSPS) is 11.1. The van der Waals surface area contributed by atoms with E-state index in [2.05, 4.69) is 26.2 Å². The molecule has 0 N–H and O–H groups in total. The van der Waals surface area contributed by atoms with Gasteiger partial charge in [0.05, 0.1) is 0 Å². The first kappa shape index (κ1) is 9.63. The van der Waals surface area contributed by atoms with Gasteiger partial charge < -0.3 is 4.79 Å². The Morgan fingerprint density at radius 2 is 2.00 bits per heavy atom. The summed E-state index contributed by atoms with van der Waals surface area (Å²) >= 11 is 0. The minimum absolute atomic E-state index is 0.546. The van der Waals surface area contributed by atoms with Crippen LogP contribution in [0, 0.1) is 0 Å². The summed E-state index contributed by atoms with van der Waals surface area (Å²) in [5.41, 5.74) is 1.09. The van der Waals surface area contributed by atoms with Crippen molar-refractivity contribution in [3.63, 3.8) is 0 Å². The van der Waals surface area contributed by atoms with Crippen LogP contribution in [0.1, 0.15) is 6.42 Å². The van der Waals surface area contributed by atoms with Crippen molar-refractivity contribution in [2.45, 2.75) is 32.1 Å². The predicted molar refractivity (Wildman–Crippen MR) is 48.0 cm³/mol. The second-order valence-electron chi connectivity index (χ2n) is 3.86. The quantitative estimate of drug-likeness (QED) is 0.347. The number of hydrogen-bond donors (Lipinski definition) is 0. The molecule has 0 bridgehead atoms. The van der Waals surface area contributed by atoms with Crippen molar-refractivity contribution in [2.24, 2.45) is 0 Å². The highest BCUT2D eigenvalue weighted by atomic mass is 28.3. The van der Waals surface area contributed by atoms with E-state index in [1.807, 2.05) is 0 Å². The Labute approximate surface area is 64.1 Å². The van der Waals surface area contributed by atoms with E-state index in [1.165, 1.54) is 0 Å². The van der Waals surface area contributed by atoms with Crippen LogP contribution in [0.3, 0.4) is 0 Å². The minimum Gasteiger partial charge on any atom is -0.303 e. The zero-order valence-corrected chi connectivity index (χ0v) is 8.11. The van der Waals surface area contributed by atoms with E-state index in [4.69, 9.17) is 0 Å². The van der Waals surface area contributed by atoms with Crippen molar-refractivity contribution in [1.82, 2.24) is 0 Å². The molecule has 0 aromatic rings. The molecule has 0 rings (SSSR count). The summed E-state index contributed by atoms with van der Waals surface area (Å²) in [6.45, 7) is 10.7. The van der Waals surface area contributed by atoms with Crippen molar-refractivity contribution in [1.29, 1.82) is 0 Å². The molecule has 0 aromatic carbocycles. The van der Waals surface area contributed by atoms with Crippen molar-refractivity contribution >= 4 is 14.4 Å². The molecule has 0 atom stereocenters. The fourth-order valence-corrected chi connectivity index (χ4v) is 2.58. The monoisotopic (exact) mass is 156 g/mol. The van der Waals surface area contributed by atoms with Crippen LogP contribution < -0.4 is 0 Å². The Balaban J connectivity index is 3.68. The van der Waals surface area contributed by atoms with Crippen molar-refractivity contribution < 1.29 is 4.79 Å². The van der Waals surface area contributed by atoms with E-state index >= 15 is 0 Å². The first-order chi connectivity index (χ1) is 4.45. The van der Waals surface area contributed by atoms with Gasteiger partial charge in [-0.25, -0.2) is 0 Å². The van der Waals surface area contributed by atoms with E-state index in [-0.39, 0.29) is 0 Å². The minimum atomic E-state index is -1.02. The van der Waals surface area contributed by atoms with Gasteiger partial charge in [-0.2, -0.15) is 0 Å². The Kier molecular flexibility index (Phi) is 3.57. The van der Waals surface area contributed by atoms with Crippen molar-refractivity contribution in [3.8, 4) is 0 Å². The van der Waals surface area contributed by atoms with Crippen LogP contribution in [-0.4, -0.2) is 14.4 Å². The molecule has 1 nitrogen and oxygen atoms in total. The average molecular weight is 156 g/mol. The third kappa shape index (κ3) is 5.76. The molecule has 0 aliphatic heterocycles. The average Bonchev–Trinajstić information content (AvgIpc) is 1.59. The molecule has 0 radical (unpaired) electrons. The molecule has 0 fully saturated rings. The number of carbonyl (C=O) groups is 1. The lowest BCUT2D eigenvalue weighted by Gasteiger charge is -2.15. The molecule has 0 spiro atoms. The summed E-state index contributed by atoms with van der Waals surface area (Å²) in [6.07, 6.45) is 1.48. The number of allylic oxidation sites excluding steroid dienone is 1. The van der Waals surface area contributed by atoms with Crippen LogP contribution in [0.15, 0.2) is 12.2 Å². The van der Waals surface area contributed by atoms with Gasteiger partial charge in [-0.1, -0.05) is 31.8 Å². The van der Waals surface area contributed by atoms with Gasteiger partial charge in [0.25, 0.3) is 0 Å². The van der Waals surface area contributed by atoms with E-state index < -0.39 is 8.07 Å². The van der Waals surface area contributed by atoms with Gasteiger partial charge in [-0.3, -0.25) is 0 Å². The Hall–Kier alpha value is -0.373. The molecule has 0 aliphatic carbocycles. The first-order valence-electron chi connectivity index (χ1n) is 3.56. The van der Waals surface area contributed by atoms with Gasteiger partial charge in [0.2, 0.25) is 0 Å². The van der Waals surface area contributed by atoms with Gasteiger partial charge in [0, 0.05) is 14.5 Å². The topological polar surface area (TPSA) is 17.1 Å². The fraction of sp³-hybridized carbons (Fsp3) is 0.625. The van der Waals surface area contributed by atoms with E-state index in [0.29, 0.717) is 6.42 Å². The molecule has 2 heteroatoms. The Morgan fingerprint density at radius 1 is 1.50 bits per heavy atom. The van der Waals surface area contributed by atoms with Crippen LogP contribution in [-0.2, 0) is 4.79 Å². The summed E-state index contributed by atoms with van der Waals surface area (Å²) in [4.78, 5) is 10.1. The number of carbonyl (C=O) groups excluding carboxylic acids is 1. The summed E-state index contributed by atoms with van der Waals surface area (Å²) in [5.74, 6) is 0. The van der Waals surface area contributed by atoms with Crippen LogP contribution in [0.5, 0.6) is 0 Å². The Morgan fingerprint density at radius 3 is 2.30 bits per heavy atom. The molecule has 0 amide bonds. The smallest absolute Gasteiger partial charge is 0.123 e. The predicted octanol–water partition coefficient (Wildman–Crippen LogP) is 2.47. The van der Waals surface area contributed by atoms with Gasteiger partial charge in [-0.15, -0.1) is 0 Å². The SMILES string of the molecule is C=C(CC=O)C[Si](C)(C)C. The van der Waals surface area contributed by atoms with E-state index in [1.54, 1.807) is 0 Å². The molecule has 0 aromatic heterocycles. The molecule has 0 heterocycles. The first-order valence-corrected chi connectivity index (χ1v) is 7.27. The molecular formula is C8H16OSi. The maximum atomic E-state index is 10.1. The lowest BCUT2D eigenvalue weighted by Crippen LogP contribution is -2.19. The molecule has 0 aliphatic rings. The summed E-state index contributed by atoms with van der Waals surface area (Å²) in [5, 5.41) is 0. The lowest BCUT2D eigenvalue weighted by atomic mass is 10.3. The van der Waals surface area contributed by atoms with Crippen molar-refractivity contribution in [2.75, 3.05) is 0 Å². The van der Waals surface area contributed by atoms with Gasteiger partial charge in [-0.05, 0) is 6.04 Å². The van der Waals surface area contributed by atoms with E-state index in [9.17, 15) is 4.79 Å². The molecule has 0 saturated carbocycles.